The molecule has 0 spiro atoms. The van der Waals surface area contributed by atoms with E-state index in [9.17, 15) is 25.2 Å². The molecule has 0 radical (unpaired) electrons. The molecule has 5 N–H and O–H groups in total. The van der Waals surface area contributed by atoms with Crippen molar-refractivity contribution in [2.75, 3.05) is 6.61 Å². The molecule has 0 saturated carbocycles. The fourth-order valence-electron chi connectivity index (χ4n) is 6.30. The van der Waals surface area contributed by atoms with Crippen molar-refractivity contribution in [1.82, 2.24) is 5.32 Å². The Bertz CT molecular complexity index is 727. The standard InChI is InChI=1S/C42H81NO5/c1-3-5-7-9-11-13-15-16-17-18-19-20-21-22-23-24-25-26-28-29-31-33-35-39(45)41(47)38(37-44)43-42(48)40(46)36-34-32-30-27-14-12-10-8-6-4-2/h23-24,28-29,38-41,44-47H,3-22,25-27,30-37H2,1-2H3,(H,43,48)/b24-23+,29-28+. The maximum atomic E-state index is 12.4. The predicted octanol–water partition coefficient (Wildman–Crippen LogP) is 10.4. The van der Waals surface area contributed by atoms with Gasteiger partial charge in [-0.25, -0.2) is 0 Å². The van der Waals surface area contributed by atoms with E-state index < -0.39 is 36.9 Å². The average Bonchev–Trinajstić information content (AvgIpc) is 3.09. The number of nitrogens with one attached hydrogen (secondary N) is 1. The van der Waals surface area contributed by atoms with E-state index in [0.717, 1.165) is 38.5 Å². The van der Waals surface area contributed by atoms with Crippen molar-refractivity contribution >= 4 is 5.91 Å². The summed E-state index contributed by atoms with van der Waals surface area (Å²) in [4.78, 5) is 12.4. The second kappa shape index (κ2) is 37.1. The zero-order valence-corrected chi connectivity index (χ0v) is 31.7. The van der Waals surface area contributed by atoms with Crippen LogP contribution in [0.15, 0.2) is 24.3 Å². The lowest BCUT2D eigenvalue weighted by atomic mass is 10.00. The predicted molar refractivity (Wildman–Crippen MR) is 205 cm³/mol. The second-order valence-electron chi connectivity index (χ2n) is 14.3. The molecular weight excluding hydrogens is 598 g/mol. The summed E-state index contributed by atoms with van der Waals surface area (Å²) in [5, 5.41) is 43.4. The van der Waals surface area contributed by atoms with E-state index in [1.807, 2.05) is 0 Å². The number of amides is 1. The summed E-state index contributed by atoms with van der Waals surface area (Å²) in [6.07, 6.45) is 40.7. The lowest BCUT2D eigenvalue weighted by molar-refractivity contribution is -0.132. The summed E-state index contributed by atoms with van der Waals surface area (Å²) in [7, 11) is 0. The summed E-state index contributed by atoms with van der Waals surface area (Å²) in [6, 6.07) is -1.00. The number of aliphatic hydroxyl groups excluding tert-OH is 4. The number of unbranched alkanes of at least 4 members (excludes halogenated alkanes) is 24. The SMILES string of the molecule is CCCCCCCCCCCCCCC/C=C/CC/C=C/CCCC(O)C(O)C(CO)NC(=O)C(O)CCCCCCCCCCCC. The van der Waals surface area contributed by atoms with Crippen LogP contribution in [0.3, 0.4) is 0 Å². The van der Waals surface area contributed by atoms with Gasteiger partial charge >= 0.3 is 0 Å². The van der Waals surface area contributed by atoms with Gasteiger partial charge in [0, 0.05) is 0 Å². The highest BCUT2D eigenvalue weighted by molar-refractivity contribution is 5.80. The highest BCUT2D eigenvalue weighted by atomic mass is 16.3. The summed E-state index contributed by atoms with van der Waals surface area (Å²) >= 11 is 0. The number of carbonyl (C=O) groups excluding carboxylic acids is 1. The van der Waals surface area contributed by atoms with Crippen LogP contribution in [0.2, 0.25) is 0 Å². The van der Waals surface area contributed by atoms with E-state index in [2.05, 4.69) is 43.5 Å². The Balaban J connectivity index is 3.79. The van der Waals surface area contributed by atoms with Crippen molar-refractivity contribution in [3.8, 4) is 0 Å². The molecule has 0 aromatic rings. The summed E-state index contributed by atoms with van der Waals surface area (Å²) in [5.74, 6) is -0.599. The van der Waals surface area contributed by atoms with Gasteiger partial charge in [0.2, 0.25) is 5.91 Å². The van der Waals surface area contributed by atoms with Crippen LogP contribution in [0.1, 0.15) is 206 Å². The third kappa shape index (κ3) is 30.8. The number of hydrogen-bond acceptors (Lipinski definition) is 5. The molecule has 284 valence electrons. The van der Waals surface area contributed by atoms with E-state index in [0.29, 0.717) is 19.3 Å². The quantitative estimate of drug-likeness (QED) is 0.0332. The Morgan fingerprint density at radius 1 is 0.500 bits per heavy atom. The van der Waals surface area contributed by atoms with E-state index in [-0.39, 0.29) is 0 Å². The molecule has 4 atom stereocenters. The van der Waals surface area contributed by atoms with Gasteiger partial charge in [-0.3, -0.25) is 4.79 Å². The minimum Gasteiger partial charge on any atom is -0.394 e. The normalized spacial score (nSPS) is 14.5. The number of aliphatic hydroxyl groups is 4. The minimum absolute atomic E-state index is 0.362. The fourth-order valence-corrected chi connectivity index (χ4v) is 6.30. The first-order chi connectivity index (χ1) is 23.5. The molecule has 4 unspecified atom stereocenters. The molecule has 48 heavy (non-hydrogen) atoms. The zero-order valence-electron chi connectivity index (χ0n) is 31.7. The highest BCUT2D eigenvalue weighted by Gasteiger charge is 2.28. The molecule has 0 aliphatic rings. The number of hydrogen-bond donors (Lipinski definition) is 5. The number of carbonyl (C=O) groups is 1. The molecule has 0 rings (SSSR count). The van der Waals surface area contributed by atoms with Crippen molar-refractivity contribution < 1.29 is 25.2 Å². The van der Waals surface area contributed by atoms with Gasteiger partial charge in [0.15, 0.2) is 0 Å². The lowest BCUT2D eigenvalue weighted by Gasteiger charge is -2.27. The Morgan fingerprint density at radius 2 is 0.875 bits per heavy atom. The molecule has 0 aromatic carbocycles. The molecule has 1 amide bonds. The zero-order chi connectivity index (χ0) is 35.3. The molecule has 0 aliphatic heterocycles. The van der Waals surface area contributed by atoms with Crippen molar-refractivity contribution in [2.24, 2.45) is 0 Å². The molecule has 0 heterocycles. The van der Waals surface area contributed by atoms with Crippen LogP contribution < -0.4 is 5.32 Å². The van der Waals surface area contributed by atoms with Crippen molar-refractivity contribution in [3.63, 3.8) is 0 Å². The first kappa shape index (κ1) is 46.8. The Morgan fingerprint density at radius 3 is 1.31 bits per heavy atom. The van der Waals surface area contributed by atoms with Crippen LogP contribution in [-0.4, -0.2) is 57.3 Å². The van der Waals surface area contributed by atoms with Gasteiger partial charge in [-0.05, 0) is 51.4 Å². The van der Waals surface area contributed by atoms with Gasteiger partial charge in [-0.2, -0.15) is 0 Å². The third-order valence-electron chi connectivity index (χ3n) is 9.64. The van der Waals surface area contributed by atoms with Gasteiger partial charge in [-0.1, -0.05) is 179 Å². The highest BCUT2D eigenvalue weighted by Crippen LogP contribution is 2.15. The third-order valence-corrected chi connectivity index (χ3v) is 9.64. The maximum absolute atomic E-state index is 12.4. The largest absolute Gasteiger partial charge is 0.394 e. The van der Waals surface area contributed by atoms with Crippen LogP contribution in [-0.2, 0) is 4.79 Å². The van der Waals surface area contributed by atoms with Crippen molar-refractivity contribution in [1.29, 1.82) is 0 Å². The van der Waals surface area contributed by atoms with E-state index in [4.69, 9.17) is 0 Å². The summed E-state index contributed by atoms with van der Waals surface area (Å²) < 4.78 is 0. The van der Waals surface area contributed by atoms with Crippen molar-refractivity contribution in [2.45, 2.75) is 231 Å². The molecule has 0 aromatic heterocycles. The Labute approximate surface area is 297 Å². The molecule has 6 nitrogen and oxygen atoms in total. The molecule has 0 bridgehead atoms. The molecule has 0 aliphatic carbocycles. The summed E-state index contributed by atoms with van der Waals surface area (Å²) in [5.41, 5.74) is 0. The number of allylic oxidation sites excluding steroid dienone is 4. The number of rotatable bonds is 37. The van der Waals surface area contributed by atoms with Gasteiger partial charge in [0.1, 0.15) is 12.2 Å². The smallest absolute Gasteiger partial charge is 0.249 e. The topological polar surface area (TPSA) is 110 Å². The lowest BCUT2D eigenvalue weighted by Crippen LogP contribution is -2.53. The van der Waals surface area contributed by atoms with Crippen LogP contribution in [0.25, 0.3) is 0 Å². The molecule has 6 heteroatoms. The van der Waals surface area contributed by atoms with E-state index >= 15 is 0 Å². The van der Waals surface area contributed by atoms with Gasteiger partial charge in [0.25, 0.3) is 0 Å². The van der Waals surface area contributed by atoms with Gasteiger partial charge in [0.05, 0.1) is 18.8 Å². The molecule has 0 fully saturated rings. The van der Waals surface area contributed by atoms with Crippen LogP contribution in [0.5, 0.6) is 0 Å². The van der Waals surface area contributed by atoms with E-state index in [1.54, 1.807) is 0 Å². The first-order valence-corrected chi connectivity index (χ1v) is 20.7. The Hall–Kier alpha value is -1.21. The van der Waals surface area contributed by atoms with Gasteiger partial charge < -0.3 is 25.7 Å². The molecular formula is C42H81NO5. The Kier molecular flexibility index (Phi) is 36.1. The van der Waals surface area contributed by atoms with Crippen LogP contribution in [0, 0.1) is 0 Å². The van der Waals surface area contributed by atoms with E-state index in [1.165, 1.54) is 135 Å². The monoisotopic (exact) mass is 680 g/mol. The summed E-state index contributed by atoms with van der Waals surface area (Å²) in [6.45, 7) is 4.01. The van der Waals surface area contributed by atoms with Crippen molar-refractivity contribution in [3.05, 3.63) is 24.3 Å². The fraction of sp³-hybridized carbons (Fsp3) is 0.881. The van der Waals surface area contributed by atoms with Crippen LogP contribution in [0.4, 0.5) is 0 Å². The van der Waals surface area contributed by atoms with Crippen LogP contribution >= 0.6 is 0 Å². The first-order valence-electron chi connectivity index (χ1n) is 20.7. The molecule has 0 saturated heterocycles. The average molecular weight is 680 g/mol. The van der Waals surface area contributed by atoms with Gasteiger partial charge in [-0.15, -0.1) is 0 Å². The minimum atomic E-state index is -1.28. The maximum Gasteiger partial charge on any atom is 0.249 e. The second-order valence-corrected chi connectivity index (χ2v) is 14.3.